The van der Waals surface area contributed by atoms with Gasteiger partial charge in [0.25, 0.3) is 5.91 Å². The number of nitrogen functional groups attached to an aromatic ring is 1. The van der Waals surface area contributed by atoms with Crippen molar-refractivity contribution in [3.05, 3.63) is 18.0 Å². The lowest BCUT2D eigenvalue weighted by atomic mass is 10.2. The summed E-state index contributed by atoms with van der Waals surface area (Å²) < 4.78 is 4.61. The Morgan fingerprint density at radius 1 is 1.35 bits per heavy atom. The summed E-state index contributed by atoms with van der Waals surface area (Å²) in [6, 6.07) is 1.64. The molecule has 0 aromatic carbocycles. The summed E-state index contributed by atoms with van der Waals surface area (Å²) in [6.45, 7) is 3.50. The van der Waals surface area contributed by atoms with E-state index in [1.807, 2.05) is 0 Å². The number of hydrogen-bond acceptors (Lipinski definition) is 5. The van der Waals surface area contributed by atoms with Crippen LogP contribution in [0.1, 0.15) is 16.9 Å². The number of aromatic amines is 1. The zero-order valence-corrected chi connectivity index (χ0v) is 11.6. The third kappa shape index (κ3) is 3.51. The molecule has 20 heavy (non-hydrogen) atoms. The number of nitrogens with two attached hydrogens (primary N) is 1. The monoisotopic (exact) mass is 280 g/mol. The summed E-state index contributed by atoms with van der Waals surface area (Å²) in [5.74, 6) is -0.236. The van der Waals surface area contributed by atoms with Crippen LogP contribution in [-0.4, -0.2) is 66.5 Å². The van der Waals surface area contributed by atoms with E-state index in [-0.39, 0.29) is 11.9 Å². The van der Waals surface area contributed by atoms with Crippen molar-refractivity contribution in [1.82, 2.24) is 14.8 Å². The van der Waals surface area contributed by atoms with Crippen LogP contribution in [-0.2, 0) is 9.53 Å². The number of piperazine rings is 1. The van der Waals surface area contributed by atoms with Gasteiger partial charge in [-0.05, 0) is 6.07 Å². The minimum absolute atomic E-state index is 0.0330. The van der Waals surface area contributed by atoms with Crippen LogP contribution in [0, 0.1) is 0 Å². The SMILES string of the molecule is COC(=O)CCN1CCN(C(=O)c2cc(N)c[nH]2)CC1. The molecule has 1 aromatic heterocycles. The standard InChI is InChI=1S/C13H20N4O3/c1-20-12(18)2-3-16-4-6-17(7-5-16)13(19)11-8-10(14)9-15-11/h8-9,15H,2-7,14H2,1H3. The highest BCUT2D eigenvalue weighted by molar-refractivity contribution is 5.93. The van der Waals surface area contributed by atoms with Gasteiger partial charge in [0, 0.05) is 44.6 Å². The maximum atomic E-state index is 12.2. The molecule has 1 amide bonds. The van der Waals surface area contributed by atoms with E-state index in [4.69, 9.17) is 5.73 Å². The first-order valence-electron chi connectivity index (χ1n) is 6.62. The maximum Gasteiger partial charge on any atom is 0.306 e. The Morgan fingerprint density at radius 3 is 2.60 bits per heavy atom. The predicted octanol–water partition coefficient (Wildman–Crippen LogP) is -0.0822. The molecule has 1 aliphatic heterocycles. The van der Waals surface area contributed by atoms with Crippen molar-refractivity contribution >= 4 is 17.6 Å². The van der Waals surface area contributed by atoms with E-state index in [1.165, 1.54) is 7.11 Å². The number of anilines is 1. The fourth-order valence-corrected chi connectivity index (χ4v) is 2.23. The second-order valence-corrected chi connectivity index (χ2v) is 4.81. The van der Waals surface area contributed by atoms with E-state index in [9.17, 15) is 9.59 Å². The number of esters is 1. The molecule has 0 atom stereocenters. The van der Waals surface area contributed by atoms with Crippen molar-refractivity contribution in [2.24, 2.45) is 0 Å². The van der Waals surface area contributed by atoms with E-state index >= 15 is 0 Å². The van der Waals surface area contributed by atoms with Crippen molar-refractivity contribution in [1.29, 1.82) is 0 Å². The molecule has 1 aromatic rings. The minimum atomic E-state index is -0.203. The molecule has 0 aliphatic carbocycles. The molecule has 0 bridgehead atoms. The predicted molar refractivity (Wildman–Crippen MR) is 74.2 cm³/mol. The molecule has 2 heterocycles. The number of hydrogen-bond donors (Lipinski definition) is 2. The number of H-pyrrole nitrogens is 1. The highest BCUT2D eigenvalue weighted by atomic mass is 16.5. The number of aromatic nitrogens is 1. The number of rotatable bonds is 4. The van der Waals surface area contributed by atoms with Gasteiger partial charge in [0.05, 0.1) is 13.5 Å². The van der Waals surface area contributed by atoms with Crippen LogP contribution in [0.15, 0.2) is 12.3 Å². The van der Waals surface area contributed by atoms with Crippen molar-refractivity contribution in [3.8, 4) is 0 Å². The largest absolute Gasteiger partial charge is 0.469 e. The molecule has 0 spiro atoms. The highest BCUT2D eigenvalue weighted by Gasteiger charge is 2.23. The van der Waals surface area contributed by atoms with Gasteiger partial charge in [-0.25, -0.2) is 0 Å². The summed E-state index contributed by atoms with van der Waals surface area (Å²) in [7, 11) is 1.39. The fourth-order valence-electron chi connectivity index (χ4n) is 2.23. The molecule has 0 saturated carbocycles. The Morgan fingerprint density at radius 2 is 2.05 bits per heavy atom. The fraction of sp³-hybridized carbons (Fsp3) is 0.538. The zero-order valence-electron chi connectivity index (χ0n) is 11.6. The van der Waals surface area contributed by atoms with Crippen LogP contribution in [0.4, 0.5) is 5.69 Å². The lowest BCUT2D eigenvalue weighted by molar-refractivity contribution is -0.141. The number of carbonyl (C=O) groups excluding carboxylic acids is 2. The van der Waals surface area contributed by atoms with E-state index in [2.05, 4.69) is 14.6 Å². The Hall–Kier alpha value is -2.02. The molecule has 1 fully saturated rings. The molecule has 7 heteroatoms. The normalized spacial score (nSPS) is 16.1. The number of ether oxygens (including phenoxy) is 1. The minimum Gasteiger partial charge on any atom is -0.469 e. The number of nitrogens with one attached hydrogen (secondary N) is 1. The van der Waals surface area contributed by atoms with Gasteiger partial charge in [-0.15, -0.1) is 0 Å². The topological polar surface area (TPSA) is 91.7 Å². The highest BCUT2D eigenvalue weighted by Crippen LogP contribution is 2.10. The quantitative estimate of drug-likeness (QED) is 0.753. The van der Waals surface area contributed by atoms with Gasteiger partial charge in [-0.3, -0.25) is 14.5 Å². The molecule has 0 unspecified atom stereocenters. The average molecular weight is 280 g/mol. The Balaban J connectivity index is 1.79. The van der Waals surface area contributed by atoms with Crippen LogP contribution >= 0.6 is 0 Å². The summed E-state index contributed by atoms with van der Waals surface area (Å²) in [5.41, 5.74) is 6.67. The lowest BCUT2D eigenvalue weighted by Gasteiger charge is -2.34. The van der Waals surface area contributed by atoms with Crippen LogP contribution < -0.4 is 5.73 Å². The second-order valence-electron chi connectivity index (χ2n) is 4.81. The van der Waals surface area contributed by atoms with Crippen LogP contribution in [0.25, 0.3) is 0 Å². The molecule has 1 saturated heterocycles. The van der Waals surface area contributed by atoms with Gasteiger partial charge in [0.1, 0.15) is 5.69 Å². The van der Waals surface area contributed by atoms with E-state index in [1.54, 1.807) is 17.2 Å². The van der Waals surface area contributed by atoms with Gasteiger partial charge in [0.2, 0.25) is 0 Å². The summed E-state index contributed by atoms with van der Waals surface area (Å²) in [5, 5.41) is 0. The van der Waals surface area contributed by atoms with Crippen molar-refractivity contribution in [2.45, 2.75) is 6.42 Å². The molecular formula is C13H20N4O3. The lowest BCUT2D eigenvalue weighted by Crippen LogP contribution is -2.49. The van der Waals surface area contributed by atoms with Crippen molar-refractivity contribution < 1.29 is 14.3 Å². The third-order valence-corrected chi connectivity index (χ3v) is 3.46. The van der Waals surface area contributed by atoms with Crippen LogP contribution in [0.5, 0.6) is 0 Å². The summed E-state index contributed by atoms with van der Waals surface area (Å²) in [4.78, 5) is 30.1. The first-order chi connectivity index (χ1) is 9.60. The average Bonchev–Trinajstić information content (AvgIpc) is 2.91. The van der Waals surface area contributed by atoms with Crippen LogP contribution in [0.2, 0.25) is 0 Å². The summed E-state index contributed by atoms with van der Waals surface area (Å²) in [6.07, 6.45) is 2.00. The number of carbonyl (C=O) groups is 2. The van der Waals surface area contributed by atoms with Crippen molar-refractivity contribution in [2.75, 3.05) is 45.6 Å². The Kier molecular flexibility index (Phi) is 4.62. The first kappa shape index (κ1) is 14.4. The molecule has 3 N–H and O–H groups in total. The zero-order chi connectivity index (χ0) is 14.5. The van der Waals surface area contributed by atoms with Gasteiger partial charge < -0.3 is 20.4 Å². The number of nitrogens with zero attached hydrogens (tertiary/aromatic N) is 2. The van der Waals surface area contributed by atoms with Crippen LogP contribution in [0.3, 0.4) is 0 Å². The first-order valence-corrected chi connectivity index (χ1v) is 6.62. The molecule has 110 valence electrons. The van der Waals surface area contributed by atoms with Gasteiger partial charge in [-0.1, -0.05) is 0 Å². The number of amides is 1. The summed E-state index contributed by atoms with van der Waals surface area (Å²) >= 11 is 0. The van der Waals surface area contributed by atoms with E-state index in [0.717, 1.165) is 13.1 Å². The maximum absolute atomic E-state index is 12.2. The molecule has 1 aliphatic rings. The molecular weight excluding hydrogens is 260 g/mol. The number of methoxy groups -OCH3 is 1. The smallest absolute Gasteiger partial charge is 0.306 e. The Bertz CT molecular complexity index is 478. The van der Waals surface area contributed by atoms with Gasteiger partial charge in [-0.2, -0.15) is 0 Å². The molecule has 0 radical (unpaired) electrons. The van der Waals surface area contributed by atoms with Gasteiger partial charge >= 0.3 is 5.97 Å². The Labute approximate surface area is 117 Å². The van der Waals surface area contributed by atoms with Gasteiger partial charge in [0.15, 0.2) is 0 Å². The van der Waals surface area contributed by atoms with Crippen molar-refractivity contribution in [3.63, 3.8) is 0 Å². The molecule has 2 rings (SSSR count). The molecule has 7 nitrogen and oxygen atoms in total. The third-order valence-electron chi connectivity index (χ3n) is 3.46. The van der Waals surface area contributed by atoms with E-state index < -0.39 is 0 Å². The second kappa shape index (κ2) is 6.42. The van der Waals surface area contributed by atoms with E-state index in [0.29, 0.717) is 37.4 Å².